The maximum atomic E-state index is 4.09. The van der Waals surface area contributed by atoms with Crippen molar-refractivity contribution >= 4 is 5.69 Å². The lowest BCUT2D eigenvalue weighted by atomic mass is 9.95. The zero-order chi connectivity index (χ0) is 13.1. The van der Waals surface area contributed by atoms with Crippen molar-refractivity contribution in [1.29, 1.82) is 0 Å². The van der Waals surface area contributed by atoms with E-state index in [1.165, 1.54) is 44.2 Å². The number of pyridine rings is 1. The highest BCUT2D eigenvalue weighted by atomic mass is 15.2. The van der Waals surface area contributed by atoms with E-state index in [1.807, 2.05) is 12.4 Å². The van der Waals surface area contributed by atoms with E-state index in [0.29, 0.717) is 11.6 Å². The summed E-state index contributed by atoms with van der Waals surface area (Å²) in [6.07, 6.45) is 11.8. The number of rotatable bonds is 3. The molecule has 0 unspecified atom stereocenters. The molecule has 1 aliphatic carbocycles. The fourth-order valence-electron chi connectivity index (χ4n) is 3.63. The molecule has 2 fully saturated rings. The normalized spacial score (nSPS) is 23.7. The minimum atomic E-state index is 0.420. The van der Waals surface area contributed by atoms with Crippen LogP contribution in [0.5, 0.6) is 0 Å². The summed E-state index contributed by atoms with van der Waals surface area (Å²) in [5, 5.41) is 3.93. The molecule has 3 nitrogen and oxygen atoms in total. The second-order valence-electron chi connectivity index (χ2n) is 6.38. The summed E-state index contributed by atoms with van der Waals surface area (Å²) in [5.41, 5.74) is 1.74. The van der Waals surface area contributed by atoms with Crippen LogP contribution in [-0.2, 0) is 0 Å². The maximum Gasteiger partial charge on any atom is 0.0397 e. The molecule has 1 aromatic rings. The van der Waals surface area contributed by atoms with Gasteiger partial charge in [0.05, 0.1) is 0 Å². The first kappa shape index (κ1) is 12.9. The van der Waals surface area contributed by atoms with Crippen LogP contribution in [0.4, 0.5) is 5.69 Å². The molecule has 0 atom stereocenters. The first-order valence-electron chi connectivity index (χ1n) is 7.68. The topological polar surface area (TPSA) is 28.2 Å². The highest BCUT2D eigenvalue weighted by Crippen LogP contribution is 2.30. The van der Waals surface area contributed by atoms with E-state index < -0.39 is 0 Å². The highest BCUT2D eigenvalue weighted by Gasteiger charge is 2.31. The average Bonchev–Trinajstić information content (AvgIpc) is 2.87. The molecule has 2 heterocycles. The minimum absolute atomic E-state index is 0.420. The Balaban J connectivity index is 1.52. The maximum absolute atomic E-state index is 4.09. The van der Waals surface area contributed by atoms with Gasteiger partial charge in [-0.05, 0) is 44.7 Å². The third-order valence-corrected chi connectivity index (χ3v) is 4.78. The van der Waals surface area contributed by atoms with Crippen LogP contribution in [0.25, 0.3) is 0 Å². The van der Waals surface area contributed by atoms with Gasteiger partial charge in [-0.3, -0.25) is 4.98 Å². The van der Waals surface area contributed by atoms with Gasteiger partial charge in [0.25, 0.3) is 0 Å². The SMILES string of the molecule is CC1(NC2CCN(c3ccncc3)CC2)CCCC1. The van der Waals surface area contributed by atoms with E-state index in [1.54, 1.807) is 0 Å². The molecule has 1 aromatic heterocycles. The molecular formula is C16H25N3. The third-order valence-electron chi connectivity index (χ3n) is 4.78. The Morgan fingerprint density at radius 3 is 2.42 bits per heavy atom. The van der Waals surface area contributed by atoms with Crippen LogP contribution in [0.2, 0.25) is 0 Å². The Labute approximate surface area is 116 Å². The van der Waals surface area contributed by atoms with Crippen molar-refractivity contribution in [1.82, 2.24) is 10.3 Å². The van der Waals surface area contributed by atoms with E-state index in [-0.39, 0.29) is 0 Å². The molecule has 0 radical (unpaired) electrons. The van der Waals surface area contributed by atoms with Crippen molar-refractivity contribution in [2.45, 2.75) is 57.0 Å². The standard InChI is InChI=1S/C16H25N3/c1-16(8-2-3-9-16)18-14-6-12-19(13-7-14)15-4-10-17-11-5-15/h4-5,10-11,14,18H,2-3,6-9,12-13H2,1H3. The Morgan fingerprint density at radius 1 is 1.16 bits per heavy atom. The summed E-state index contributed by atoms with van der Waals surface area (Å²) in [6, 6.07) is 4.94. The van der Waals surface area contributed by atoms with Gasteiger partial charge in [-0.2, -0.15) is 0 Å². The Bertz CT molecular complexity index is 390. The molecule has 1 saturated heterocycles. The predicted octanol–water partition coefficient (Wildman–Crippen LogP) is 2.97. The van der Waals surface area contributed by atoms with Crippen LogP contribution < -0.4 is 10.2 Å². The van der Waals surface area contributed by atoms with Gasteiger partial charge in [0, 0.05) is 42.8 Å². The van der Waals surface area contributed by atoms with Crippen molar-refractivity contribution in [3.63, 3.8) is 0 Å². The van der Waals surface area contributed by atoms with Crippen molar-refractivity contribution < 1.29 is 0 Å². The Morgan fingerprint density at radius 2 is 1.79 bits per heavy atom. The van der Waals surface area contributed by atoms with Crippen molar-refractivity contribution in [2.75, 3.05) is 18.0 Å². The van der Waals surface area contributed by atoms with Crippen LogP contribution in [0.15, 0.2) is 24.5 Å². The van der Waals surface area contributed by atoms with Gasteiger partial charge >= 0.3 is 0 Å². The van der Waals surface area contributed by atoms with Crippen LogP contribution >= 0.6 is 0 Å². The van der Waals surface area contributed by atoms with Crippen molar-refractivity contribution in [3.8, 4) is 0 Å². The number of nitrogens with one attached hydrogen (secondary N) is 1. The summed E-state index contributed by atoms with van der Waals surface area (Å²) in [7, 11) is 0. The van der Waals surface area contributed by atoms with Crippen molar-refractivity contribution in [2.24, 2.45) is 0 Å². The lowest BCUT2D eigenvalue weighted by Gasteiger charge is -2.38. The molecule has 19 heavy (non-hydrogen) atoms. The van der Waals surface area contributed by atoms with E-state index in [0.717, 1.165) is 13.1 Å². The number of nitrogens with zero attached hydrogens (tertiary/aromatic N) is 2. The molecule has 1 aliphatic heterocycles. The molecule has 104 valence electrons. The summed E-state index contributed by atoms with van der Waals surface area (Å²) in [4.78, 5) is 6.58. The largest absolute Gasteiger partial charge is 0.371 e. The summed E-state index contributed by atoms with van der Waals surface area (Å²) in [5.74, 6) is 0. The summed E-state index contributed by atoms with van der Waals surface area (Å²) < 4.78 is 0. The second-order valence-corrected chi connectivity index (χ2v) is 6.38. The van der Waals surface area contributed by atoms with Gasteiger partial charge in [0.15, 0.2) is 0 Å². The quantitative estimate of drug-likeness (QED) is 0.904. The lowest BCUT2D eigenvalue weighted by Crippen LogP contribution is -2.51. The molecule has 0 aromatic carbocycles. The molecule has 2 aliphatic rings. The molecular weight excluding hydrogens is 234 g/mol. The smallest absolute Gasteiger partial charge is 0.0397 e. The molecule has 3 heteroatoms. The minimum Gasteiger partial charge on any atom is -0.371 e. The molecule has 1 N–H and O–H groups in total. The molecule has 0 amide bonds. The van der Waals surface area contributed by atoms with Gasteiger partial charge in [-0.25, -0.2) is 0 Å². The predicted molar refractivity (Wildman–Crippen MR) is 79.5 cm³/mol. The van der Waals surface area contributed by atoms with Crippen LogP contribution in [-0.4, -0.2) is 29.7 Å². The monoisotopic (exact) mass is 259 g/mol. The zero-order valence-electron chi connectivity index (χ0n) is 11.9. The zero-order valence-corrected chi connectivity index (χ0v) is 11.9. The Kier molecular flexibility index (Phi) is 3.74. The average molecular weight is 259 g/mol. The van der Waals surface area contributed by atoms with E-state index in [4.69, 9.17) is 0 Å². The number of anilines is 1. The number of piperidine rings is 1. The van der Waals surface area contributed by atoms with Gasteiger partial charge in [0.1, 0.15) is 0 Å². The van der Waals surface area contributed by atoms with Crippen LogP contribution in [0, 0.1) is 0 Å². The van der Waals surface area contributed by atoms with E-state index in [9.17, 15) is 0 Å². The summed E-state index contributed by atoms with van der Waals surface area (Å²) in [6.45, 7) is 4.74. The number of hydrogen-bond donors (Lipinski definition) is 1. The first-order valence-corrected chi connectivity index (χ1v) is 7.68. The molecule has 0 bridgehead atoms. The van der Waals surface area contributed by atoms with Gasteiger partial charge in [-0.1, -0.05) is 12.8 Å². The Hall–Kier alpha value is -1.09. The third kappa shape index (κ3) is 3.08. The lowest BCUT2D eigenvalue weighted by molar-refractivity contribution is 0.283. The molecule has 0 spiro atoms. The fraction of sp³-hybridized carbons (Fsp3) is 0.688. The van der Waals surface area contributed by atoms with Gasteiger partial charge in [0.2, 0.25) is 0 Å². The highest BCUT2D eigenvalue weighted by molar-refractivity contribution is 5.44. The van der Waals surface area contributed by atoms with Crippen LogP contribution in [0.3, 0.4) is 0 Å². The van der Waals surface area contributed by atoms with Gasteiger partial charge in [-0.15, -0.1) is 0 Å². The van der Waals surface area contributed by atoms with Crippen molar-refractivity contribution in [3.05, 3.63) is 24.5 Å². The fourth-order valence-corrected chi connectivity index (χ4v) is 3.63. The number of aromatic nitrogens is 1. The first-order chi connectivity index (χ1) is 9.25. The second kappa shape index (κ2) is 5.49. The number of hydrogen-bond acceptors (Lipinski definition) is 3. The molecule has 3 rings (SSSR count). The van der Waals surface area contributed by atoms with Gasteiger partial charge < -0.3 is 10.2 Å². The van der Waals surface area contributed by atoms with E-state index >= 15 is 0 Å². The van der Waals surface area contributed by atoms with Crippen LogP contribution in [0.1, 0.15) is 45.4 Å². The molecule has 1 saturated carbocycles. The van der Waals surface area contributed by atoms with E-state index in [2.05, 4.69) is 34.3 Å². The summed E-state index contributed by atoms with van der Waals surface area (Å²) >= 11 is 0.